The third-order valence-corrected chi connectivity index (χ3v) is 9.18. The van der Waals surface area contributed by atoms with Gasteiger partial charge in [0.1, 0.15) is 11.7 Å². The molecular formula is C40H46FN9O5. The zero-order valence-corrected chi connectivity index (χ0v) is 31.9. The Kier molecular flexibility index (Phi) is 11.3. The lowest BCUT2D eigenvalue weighted by atomic mass is 9.93. The van der Waals surface area contributed by atoms with Crippen LogP contribution in [0.3, 0.4) is 0 Å². The van der Waals surface area contributed by atoms with Gasteiger partial charge in [-0.05, 0) is 62.3 Å². The number of anilines is 3. The Bertz CT molecular complexity index is 2250. The van der Waals surface area contributed by atoms with Gasteiger partial charge in [0, 0.05) is 60.9 Å². The molecule has 6 rings (SSSR count). The van der Waals surface area contributed by atoms with Crippen molar-refractivity contribution < 1.29 is 28.2 Å². The number of pyridine rings is 1. The van der Waals surface area contributed by atoms with Crippen LogP contribution in [-0.2, 0) is 25.6 Å². The molecule has 1 fully saturated rings. The molecule has 288 valence electrons. The van der Waals surface area contributed by atoms with Crippen molar-refractivity contribution in [1.82, 2.24) is 29.5 Å². The number of esters is 1. The molecule has 5 aromatic rings. The molecule has 1 aliphatic heterocycles. The van der Waals surface area contributed by atoms with Crippen molar-refractivity contribution in [2.75, 3.05) is 35.6 Å². The minimum atomic E-state index is -1.07. The number of fused-ring (bicyclic) bond motifs is 2. The van der Waals surface area contributed by atoms with Crippen LogP contribution >= 0.6 is 0 Å². The number of nitrogens with one attached hydrogen (secondary N) is 3. The highest BCUT2D eigenvalue weighted by molar-refractivity contribution is 6.04. The molecule has 4 heterocycles. The van der Waals surface area contributed by atoms with Crippen LogP contribution in [0.4, 0.5) is 26.8 Å². The van der Waals surface area contributed by atoms with Gasteiger partial charge in [-0.3, -0.25) is 14.6 Å². The quantitative estimate of drug-likeness (QED) is 0.0932. The number of rotatable bonds is 11. The van der Waals surface area contributed by atoms with E-state index in [1.54, 1.807) is 33.9 Å². The van der Waals surface area contributed by atoms with Crippen LogP contribution in [0.2, 0.25) is 0 Å². The topological polar surface area (TPSA) is 165 Å². The van der Waals surface area contributed by atoms with E-state index in [9.17, 15) is 18.8 Å². The van der Waals surface area contributed by atoms with Crippen LogP contribution < -0.4 is 16.0 Å². The van der Waals surface area contributed by atoms with Gasteiger partial charge in [-0.15, -0.1) is 0 Å². The lowest BCUT2D eigenvalue weighted by Crippen LogP contribution is -2.51. The van der Waals surface area contributed by atoms with E-state index in [0.717, 1.165) is 33.2 Å². The Morgan fingerprint density at radius 3 is 2.58 bits per heavy atom. The minimum Gasteiger partial charge on any atom is -0.460 e. The minimum absolute atomic E-state index is 0.121. The van der Waals surface area contributed by atoms with E-state index in [-0.39, 0.29) is 18.4 Å². The van der Waals surface area contributed by atoms with Crippen LogP contribution in [-0.4, -0.2) is 78.8 Å². The molecule has 1 saturated heterocycles. The van der Waals surface area contributed by atoms with E-state index in [0.29, 0.717) is 49.3 Å². The number of carbonyl (C=O) groups excluding carboxylic acids is 3. The highest BCUT2D eigenvalue weighted by atomic mass is 19.1. The second-order valence-corrected chi connectivity index (χ2v) is 14.8. The van der Waals surface area contributed by atoms with Crippen LogP contribution in [0.15, 0.2) is 73.3 Å². The Labute approximate surface area is 318 Å². The molecule has 0 aliphatic carbocycles. The average molecular weight is 752 g/mol. The summed E-state index contributed by atoms with van der Waals surface area (Å²) < 4.78 is 26.3. The Morgan fingerprint density at radius 1 is 1.07 bits per heavy atom. The van der Waals surface area contributed by atoms with Gasteiger partial charge in [0.05, 0.1) is 18.4 Å². The fourth-order valence-electron chi connectivity index (χ4n) is 6.50. The summed E-state index contributed by atoms with van der Waals surface area (Å²) in [5.74, 6) is -1.54. The lowest BCUT2D eigenvalue weighted by molar-refractivity contribution is -0.152. The molecule has 2 aromatic carbocycles. The predicted molar refractivity (Wildman–Crippen MR) is 208 cm³/mol. The second-order valence-electron chi connectivity index (χ2n) is 14.8. The highest BCUT2D eigenvalue weighted by Crippen LogP contribution is 2.32. The number of carbonyl (C=O) groups is 3. The molecule has 3 N–H and O–H groups in total. The summed E-state index contributed by atoms with van der Waals surface area (Å²) in [6.45, 7) is 15.4. The van der Waals surface area contributed by atoms with Crippen LogP contribution in [0.25, 0.3) is 27.7 Å². The molecule has 15 heteroatoms. The summed E-state index contributed by atoms with van der Waals surface area (Å²) in [6, 6.07) is 15.0. The van der Waals surface area contributed by atoms with Crippen molar-refractivity contribution in [2.24, 2.45) is 5.92 Å². The van der Waals surface area contributed by atoms with Crippen molar-refractivity contribution >= 4 is 52.0 Å². The van der Waals surface area contributed by atoms with E-state index in [4.69, 9.17) is 24.4 Å². The predicted octanol–water partition coefficient (Wildman–Crippen LogP) is 7.10. The summed E-state index contributed by atoms with van der Waals surface area (Å²) in [6.07, 6.45) is 3.07. The first-order valence-electron chi connectivity index (χ1n) is 18.2. The third kappa shape index (κ3) is 9.16. The maximum absolute atomic E-state index is 13.3. The summed E-state index contributed by atoms with van der Waals surface area (Å²) in [7, 11) is 0. The second kappa shape index (κ2) is 16.1. The molecule has 0 saturated carbocycles. The van der Waals surface area contributed by atoms with Gasteiger partial charge in [-0.2, -0.15) is 19.6 Å². The van der Waals surface area contributed by atoms with Crippen LogP contribution in [0.1, 0.15) is 65.0 Å². The van der Waals surface area contributed by atoms with Gasteiger partial charge in [0.15, 0.2) is 11.5 Å². The number of halogens is 1. The molecule has 1 aliphatic rings. The summed E-state index contributed by atoms with van der Waals surface area (Å²) in [4.78, 5) is 52.8. The van der Waals surface area contributed by atoms with Crippen molar-refractivity contribution in [1.29, 1.82) is 0 Å². The van der Waals surface area contributed by atoms with Crippen molar-refractivity contribution in [3.8, 4) is 11.3 Å². The number of piperidine rings is 1. The zero-order valence-electron chi connectivity index (χ0n) is 31.9. The first kappa shape index (κ1) is 38.6. The van der Waals surface area contributed by atoms with Gasteiger partial charge < -0.3 is 30.3 Å². The normalized spacial score (nSPS) is 15.9. The Morgan fingerprint density at radius 2 is 1.85 bits per heavy atom. The highest BCUT2D eigenvalue weighted by Gasteiger charge is 2.35. The fourth-order valence-corrected chi connectivity index (χ4v) is 6.50. The summed E-state index contributed by atoms with van der Waals surface area (Å²) in [5.41, 5.74) is 3.95. The molecule has 0 bridgehead atoms. The molecule has 2 atom stereocenters. The van der Waals surface area contributed by atoms with Gasteiger partial charge >= 0.3 is 12.1 Å². The first-order valence-corrected chi connectivity index (χ1v) is 18.2. The zero-order chi connectivity index (χ0) is 39.4. The first-order chi connectivity index (χ1) is 26.2. The summed E-state index contributed by atoms with van der Waals surface area (Å²) >= 11 is 0. The molecule has 0 spiro atoms. The molecule has 0 unspecified atom stereocenters. The number of likely N-dealkylation sites (tertiary alicyclic amines) is 1. The van der Waals surface area contributed by atoms with E-state index >= 15 is 0 Å². The Hall–Kier alpha value is -6.12. The van der Waals surface area contributed by atoms with Crippen molar-refractivity contribution in [3.05, 3.63) is 84.5 Å². The van der Waals surface area contributed by atoms with Crippen molar-refractivity contribution in [2.45, 2.75) is 72.1 Å². The maximum atomic E-state index is 13.3. The fraction of sp³-hybridized carbons (Fsp3) is 0.375. The average Bonchev–Trinajstić information content (AvgIpc) is 3.57. The number of nitrogens with zero attached hydrogens (tertiary/aromatic N) is 6. The van der Waals surface area contributed by atoms with E-state index in [1.807, 2.05) is 57.2 Å². The van der Waals surface area contributed by atoms with E-state index in [2.05, 4.69) is 41.5 Å². The third-order valence-electron chi connectivity index (χ3n) is 9.18. The largest absolute Gasteiger partial charge is 0.460 e. The molecule has 55 heavy (non-hydrogen) atoms. The molecule has 2 amide bonds. The number of hydrogen-bond acceptors (Lipinski definition) is 11. The van der Waals surface area contributed by atoms with Gasteiger partial charge in [0.25, 0.3) is 5.91 Å². The summed E-state index contributed by atoms with van der Waals surface area (Å²) in [5, 5.41) is 15.6. The Balaban J connectivity index is 1.24. The van der Waals surface area contributed by atoms with E-state index in [1.165, 1.54) is 6.92 Å². The smallest absolute Gasteiger partial charge is 0.410 e. The maximum Gasteiger partial charge on any atom is 0.410 e. The standard InChI is InChI=1S/C40H46FN9O5/c1-23(2)32-21-45-50-35(32)47-37(43-20-28-15-17-49(22-33(28)54-25(4)51)39(53)55-40(5,6)7)48-38(50)44-19-27-10-8-9-11-30(27)34-31-13-12-29(46-36(52)24(3)41)18-26(31)14-16-42-34/h8-14,16,18,21,23,28,33H,3,15,17,19-20,22H2,1-2,4-7H3,(H,46,52)(H2,43,44,47,48)/t28-,33+/m1/s1. The molecule has 3 aromatic heterocycles. The molecule has 0 radical (unpaired) electrons. The van der Waals surface area contributed by atoms with Crippen molar-refractivity contribution in [3.63, 3.8) is 0 Å². The SMILES string of the molecule is C=C(F)C(=O)Nc1ccc2c(-c3ccccc3CNc3nc(NC[C@H]4CCN(C(=O)OC(C)(C)C)C[C@@H]4OC(C)=O)nc4c(C(C)C)cnn34)nccc2c1. The lowest BCUT2D eigenvalue weighted by Gasteiger charge is -2.38. The van der Waals surface area contributed by atoms with Gasteiger partial charge in [-0.25, -0.2) is 9.18 Å². The van der Waals surface area contributed by atoms with Gasteiger partial charge in [-0.1, -0.05) is 50.8 Å². The van der Waals surface area contributed by atoms with Gasteiger partial charge in [0.2, 0.25) is 11.9 Å². The monoisotopic (exact) mass is 751 g/mol. The number of ether oxygens (including phenoxy) is 2. The number of amides is 2. The molecule has 14 nitrogen and oxygen atoms in total. The van der Waals surface area contributed by atoms with E-state index < -0.39 is 35.5 Å². The number of benzene rings is 2. The van der Waals surface area contributed by atoms with Crippen LogP contribution in [0.5, 0.6) is 0 Å². The molecular weight excluding hydrogens is 705 g/mol. The number of hydrogen-bond donors (Lipinski definition) is 3. The number of aromatic nitrogens is 5. The van der Waals surface area contributed by atoms with Crippen LogP contribution in [0, 0.1) is 5.92 Å².